The van der Waals surface area contributed by atoms with E-state index >= 15 is 0 Å². The van der Waals surface area contributed by atoms with Gasteiger partial charge in [-0.3, -0.25) is 10.1 Å². The summed E-state index contributed by atoms with van der Waals surface area (Å²) in [6, 6.07) is 6.37. The topological polar surface area (TPSA) is 169 Å². The molecule has 12 nitrogen and oxygen atoms in total. The van der Waals surface area contributed by atoms with Gasteiger partial charge in [-0.15, -0.1) is 0 Å². The fourth-order valence-electron chi connectivity index (χ4n) is 2.56. The summed E-state index contributed by atoms with van der Waals surface area (Å²) in [6.45, 7) is 2.77. The number of hydrogen-bond acceptors (Lipinski definition) is 8. The Kier molecular flexibility index (Phi) is 5.84. The van der Waals surface area contributed by atoms with Crippen LogP contribution in [0.1, 0.15) is 21.7 Å². The van der Waals surface area contributed by atoms with Crippen LogP contribution in [0, 0.1) is 13.8 Å². The van der Waals surface area contributed by atoms with Gasteiger partial charge < -0.3 is 5.11 Å². The molecule has 0 aliphatic carbocycles. The highest BCUT2D eigenvalue weighted by Gasteiger charge is 2.30. The Hall–Kier alpha value is -3.71. The van der Waals surface area contributed by atoms with Crippen molar-refractivity contribution in [2.24, 2.45) is 0 Å². The predicted octanol–water partition coefficient (Wildman–Crippen LogP) is 0.289. The second kappa shape index (κ2) is 8.34. The molecule has 13 heteroatoms. The first-order valence-electron chi connectivity index (χ1n) is 8.52. The Labute approximate surface area is 171 Å². The number of carbonyl (C=O) groups is 2. The number of aryl methyl sites for hydroxylation is 2. The van der Waals surface area contributed by atoms with E-state index in [1.807, 2.05) is 0 Å². The van der Waals surface area contributed by atoms with Gasteiger partial charge >= 0.3 is 5.97 Å². The highest BCUT2D eigenvalue weighted by Crippen LogP contribution is 2.19. The second-order valence-corrected chi connectivity index (χ2v) is 7.80. The Balaban J connectivity index is 1.84. The van der Waals surface area contributed by atoms with Crippen LogP contribution >= 0.6 is 0 Å². The first kappa shape index (κ1) is 21.0. The minimum atomic E-state index is -4.45. The standard InChI is InChI=1S/C17H17N7O5S/c1-10-7-11(2)22-17(21-10)23-14(25)9-20-30(28,29)15-12(16(26)27)8-19-24(15)13-5-3-4-6-18-13/h3-8,20H,9H2,1-2H3,(H,26,27)(H,21,22,23,25). The van der Waals surface area contributed by atoms with Gasteiger partial charge in [0.25, 0.3) is 10.0 Å². The summed E-state index contributed by atoms with van der Waals surface area (Å²) in [5.41, 5.74) is 0.693. The molecule has 156 valence electrons. The van der Waals surface area contributed by atoms with Gasteiger partial charge in [0.1, 0.15) is 5.56 Å². The average Bonchev–Trinajstić information content (AvgIpc) is 3.13. The molecule has 0 saturated heterocycles. The smallest absolute Gasteiger partial charge is 0.340 e. The summed E-state index contributed by atoms with van der Waals surface area (Å²) < 4.78 is 28.5. The molecular formula is C17H17N7O5S. The van der Waals surface area contributed by atoms with Gasteiger partial charge in [0, 0.05) is 17.6 Å². The zero-order valence-corrected chi connectivity index (χ0v) is 16.7. The molecule has 1 amide bonds. The molecule has 3 N–H and O–H groups in total. The summed E-state index contributed by atoms with van der Waals surface area (Å²) in [6.07, 6.45) is 2.30. The molecule has 0 aromatic carbocycles. The third-order valence-electron chi connectivity index (χ3n) is 3.73. The maximum atomic E-state index is 12.8. The molecule has 0 aliphatic heterocycles. The Morgan fingerprint density at radius 1 is 1.17 bits per heavy atom. The number of hydrogen-bond donors (Lipinski definition) is 3. The molecule has 0 radical (unpaired) electrons. The molecule has 0 unspecified atom stereocenters. The van der Waals surface area contributed by atoms with Crippen molar-refractivity contribution in [2.75, 3.05) is 11.9 Å². The van der Waals surface area contributed by atoms with Crippen molar-refractivity contribution in [2.45, 2.75) is 18.9 Å². The van der Waals surface area contributed by atoms with E-state index in [-0.39, 0.29) is 11.8 Å². The van der Waals surface area contributed by atoms with Crippen LogP contribution in [0.25, 0.3) is 5.82 Å². The number of amides is 1. The highest BCUT2D eigenvalue weighted by molar-refractivity contribution is 7.89. The summed E-state index contributed by atoms with van der Waals surface area (Å²) in [5.74, 6) is -2.10. The van der Waals surface area contributed by atoms with Crippen LogP contribution in [0.5, 0.6) is 0 Å². The normalized spacial score (nSPS) is 11.3. The SMILES string of the molecule is Cc1cc(C)nc(NC(=O)CNS(=O)(=O)c2c(C(=O)O)cnn2-c2ccccn2)n1. The quantitative estimate of drug-likeness (QED) is 0.476. The molecule has 30 heavy (non-hydrogen) atoms. The zero-order chi connectivity index (χ0) is 21.9. The zero-order valence-electron chi connectivity index (χ0n) is 15.9. The molecule has 0 saturated carbocycles. The molecule has 0 spiro atoms. The third-order valence-corrected chi connectivity index (χ3v) is 5.16. The molecule has 0 fully saturated rings. The van der Waals surface area contributed by atoms with Crippen molar-refractivity contribution < 1.29 is 23.1 Å². The number of aromatic carboxylic acids is 1. The lowest BCUT2D eigenvalue weighted by atomic mass is 10.4. The Bertz CT molecular complexity index is 1190. The Morgan fingerprint density at radius 3 is 2.47 bits per heavy atom. The molecule has 3 heterocycles. The minimum absolute atomic E-state index is 0.0291. The van der Waals surface area contributed by atoms with Crippen LogP contribution in [0.4, 0.5) is 5.95 Å². The molecule has 3 aromatic heterocycles. The van der Waals surface area contributed by atoms with E-state index in [4.69, 9.17) is 0 Å². The monoisotopic (exact) mass is 431 g/mol. The Morgan fingerprint density at radius 2 is 1.87 bits per heavy atom. The maximum absolute atomic E-state index is 12.8. The number of anilines is 1. The van der Waals surface area contributed by atoms with Gasteiger partial charge in [-0.1, -0.05) is 6.07 Å². The second-order valence-electron chi connectivity index (χ2n) is 6.12. The third kappa shape index (κ3) is 4.64. The van der Waals surface area contributed by atoms with E-state index in [2.05, 4.69) is 30.1 Å². The molecule has 3 aromatic rings. The number of nitrogens with zero attached hydrogens (tertiary/aromatic N) is 5. The molecule has 3 rings (SSSR count). The van der Waals surface area contributed by atoms with E-state index in [1.54, 1.807) is 32.0 Å². The van der Waals surface area contributed by atoms with Gasteiger partial charge in [0.2, 0.25) is 11.9 Å². The number of carbonyl (C=O) groups excluding carboxylic acids is 1. The maximum Gasteiger partial charge on any atom is 0.340 e. The van der Waals surface area contributed by atoms with Gasteiger partial charge in [0.05, 0.1) is 12.7 Å². The number of nitrogens with one attached hydrogen (secondary N) is 2. The van der Waals surface area contributed by atoms with E-state index in [1.165, 1.54) is 12.3 Å². The van der Waals surface area contributed by atoms with Crippen molar-refractivity contribution >= 4 is 27.8 Å². The lowest BCUT2D eigenvalue weighted by Crippen LogP contribution is -2.35. The molecule has 0 aliphatic rings. The van der Waals surface area contributed by atoms with Crippen molar-refractivity contribution in [1.29, 1.82) is 0 Å². The van der Waals surface area contributed by atoms with Crippen LogP contribution in [-0.4, -0.2) is 56.7 Å². The minimum Gasteiger partial charge on any atom is -0.478 e. The van der Waals surface area contributed by atoms with E-state index in [0.29, 0.717) is 11.4 Å². The van der Waals surface area contributed by atoms with Crippen LogP contribution in [0.3, 0.4) is 0 Å². The summed E-state index contributed by atoms with van der Waals surface area (Å²) >= 11 is 0. The number of rotatable bonds is 7. The number of aromatic nitrogens is 5. The lowest BCUT2D eigenvalue weighted by Gasteiger charge is -2.10. The highest BCUT2D eigenvalue weighted by atomic mass is 32.2. The van der Waals surface area contributed by atoms with E-state index < -0.39 is 39.0 Å². The lowest BCUT2D eigenvalue weighted by molar-refractivity contribution is -0.115. The number of carboxylic acids is 1. The summed E-state index contributed by atoms with van der Waals surface area (Å²) in [4.78, 5) is 35.7. The molecule has 0 bridgehead atoms. The average molecular weight is 431 g/mol. The largest absolute Gasteiger partial charge is 0.478 e. The molecular weight excluding hydrogens is 414 g/mol. The number of sulfonamides is 1. The molecule has 0 atom stereocenters. The van der Waals surface area contributed by atoms with Crippen molar-refractivity contribution in [1.82, 2.24) is 29.5 Å². The van der Waals surface area contributed by atoms with E-state index in [0.717, 1.165) is 10.9 Å². The van der Waals surface area contributed by atoms with Crippen LogP contribution in [0.15, 0.2) is 41.7 Å². The van der Waals surface area contributed by atoms with Crippen LogP contribution in [-0.2, 0) is 14.8 Å². The fourth-order valence-corrected chi connectivity index (χ4v) is 3.82. The van der Waals surface area contributed by atoms with Gasteiger partial charge in [-0.2, -0.15) is 5.10 Å². The van der Waals surface area contributed by atoms with Gasteiger partial charge in [-0.25, -0.2) is 37.6 Å². The van der Waals surface area contributed by atoms with Gasteiger partial charge in [-0.05, 0) is 32.0 Å². The van der Waals surface area contributed by atoms with Crippen molar-refractivity contribution in [3.8, 4) is 5.82 Å². The fraction of sp³-hybridized carbons (Fsp3) is 0.176. The predicted molar refractivity (Wildman–Crippen MR) is 104 cm³/mol. The van der Waals surface area contributed by atoms with Crippen molar-refractivity contribution in [3.63, 3.8) is 0 Å². The van der Waals surface area contributed by atoms with Crippen LogP contribution < -0.4 is 10.0 Å². The first-order chi connectivity index (χ1) is 14.2. The number of carboxylic acid groups (broad SMARTS) is 1. The van der Waals surface area contributed by atoms with Crippen molar-refractivity contribution in [3.05, 3.63) is 53.6 Å². The van der Waals surface area contributed by atoms with Crippen LogP contribution in [0.2, 0.25) is 0 Å². The van der Waals surface area contributed by atoms with Gasteiger partial charge in [0.15, 0.2) is 10.8 Å². The summed E-state index contributed by atoms with van der Waals surface area (Å²) in [7, 11) is -4.45. The number of pyridine rings is 1. The first-order valence-corrected chi connectivity index (χ1v) is 10.0. The summed E-state index contributed by atoms with van der Waals surface area (Å²) in [5, 5.41) is 14.9. The van der Waals surface area contributed by atoms with E-state index in [9.17, 15) is 23.1 Å².